The van der Waals surface area contributed by atoms with Gasteiger partial charge in [-0.05, 0) is 43.0 Å². The summed E-state index contributed by atoms with van der Waals surface area (Å²) in [6.07, 6.45) is 6.90. The predicted octanol–water partition coefficient (Wildman–Crippen LogP) is 1.56. The van der Waals surface area contributed by atoms with Crippen molar-refractivity contribution in [1.29, 1.82) is 0 Å². The van der Waals surface area contributed by atoms with Gasteiger partial charge in [0.15, 0.2) is 0 Å². The van der Waals surface area contributed by atoms with Crippen LogP contribution < -0.4 is 10.6 Å². The maximum absolute atomic E-state index is 12.2. The molecule has 2 aliphatic rings. The van der Waals surface area contributed by atoms with E-state index in [-0.39, 0.29) is 18.1 Å². The van der Waals surface area contributed by atoms with Crippen LogP contribution >= 0.6 is 0 Å². The Morgan fingerprint density at radius 2 is 2.28 bits per heavy atom. The zero-order chi connectivity index (χ0) is 17.4. The van der Waals surface area contributed by atoms with E-state index in [0.717, 1.165) is 35.9 Å². The summed E-state index contributed by atoms with van der Waals surface area (Å²) in [5, 5.41) is 6.10. The molecule has 0 radical (unpaired) electrons. The van der Waals surface area contributed by atoms with Gasteiger partial charge in [0.05, 0.1) is 29.5 Å². The molecular formula is C18H21N5O2. The molecular weight excluding hydrogens is 318 g/mol. The number of ether oxygens (including phenoxy) is 1. The van der Waals surface area contributed by atoms with E-state index >= 15 is 0 Å². The summed E-state index contributed by atoms with van der Waals surface area (Å²) in [5.41, 5.74) is 3.26. The van der Waals surface area contributed by atoms with E-state index in [0.29, 0.717) is 11.7 Å². The Morgan fingerprint density at radius 1 is 1.40 bits per heavy atom. The Hall–Kier alpha value is -2.67. The van der Waals surface area contributed by atoms with Crippen molar-refractivity contribution in [3.05, 3.63) is 35.8 Å². The second-order valence-corrected chi connectivity index (χ2v) is 6.50. The molecule has 0 bridgehead atoms. The van der Waals surface area contributed by atoms with Crippen LogP contribution in [0.5, 0.6) is 0 Å². The monoisotopic (exact) mass is 339 g/mol. The number of carbonyl (C=O) groups excluding carboxylic acids is 1. The lowest BCUT2D eigenvalue weighted by Crippen LogP contribution is -2.46. The third kappa shape index (κ3) is 3.02. The van der Waals surface area contributed by atoms with Gasteiger partial charge in [0, 0.05) is 14.2 Å². The molecule has 130 valence electrons. The minimum Gasteiger partial charge on any atom is -0.379 e. The summed E-state index contributed by atoms with van der Waals surface area (Å²) in [4.78, 5) is 20.9. The van der Waals surface area contributed by atoms with Crippen LogP contribution in [0.2, 0.25) is 0 Å². The standard InChI is InChI=1S/C18H21N5O2/c1-23-10-19-12-7-6-11(9-15(12)23)8-14-17(24)22-18(21-14)20-13-4-3-5-16(13)25-2/h6-10,13,16H,3-5H2,1-2H3,(H2,20,21,22,24)/b14-8-/t13-,16-/m0/s1. The number of hydrogen-bond acceptors (Lipinski definition) is 5. The summed E-state index contributed by atoms with van der Waals surface area (Å²) in [5.74, 6) is 0.311. The smallest absolute Gasteiger partial charge is 0.276 e. The largest absolute Gasteiger partial charge is 0.379 e. The molecule has 2 atom stereocenters. The van der Waals surface area contributed by atoms with Gasteiger partial charge in [0.25, 0.3) is 5.91 Å². The average Bonchev–Trinajstić information content (AvgIpc) is 3.29. The number of guanidine groups is 1. The molecule has 2 N–H and O–H groups in total. The molecule has 1 saturated carbocycles. The molecule has 7 nitrogen and oxygen atoms in total. The highest BCUT2D eigenvalue weighted by Gasteiger charge is 2.30. The summed E-state index contributed by atoms with van der Waals surface area (Å²) >= 11 is 0. The number of aromatic nitrogens is 2. The second-order valence-electron chi connectivity index (χ2n) is 6.50. The fourth-order valence-electron chi connectivity index (χ4n) is 3.48. The number of fused-ring (bicyclic) bond motifs is 1. The molecule has 1 aromatic carbocycles. The topological polar surface area (TPSA) is 80.5 Å². The molecule has 0 saturated heterocycles. The molecule has 1 amide bonds. The first kappa shape index (κ1) is 15.8. The third-order valence-electron chi connectivity index (χ3n) is 4.83. The first-order chi connectivity index (χ1) is 12.1. The van der Waals surface area contributed by atoms with Gasteiger partial charge in [-0.2, -0.15) is 0 Å². The van der Waals surface area contributed by atoms with Crippen LogP contribution in [0.25, 0.3) is 17.1 Å². The summed E-state index contributed by atoms with van der Waals surface area (Å²) in [7, 11) is 3.67. The van der Waals surface area contributed by atoms with Crippen molar-refractivity contribution in [1.82, 2.24) is 20.2 Å². The number of carbonyl (C=O) groups is 1. The maximum Gasteiger partial charge on any atom is 0.276 e. The first-order valence-electron chi connectivity index (χ1n) is 8.46. The van der Waals surface area contributed by atoms with Crippen molar-refractivity contribution >= 4 is 29.0 Å². The van der Waals surface area contributed by atoms with E-state index in [2.05, 4.69) is 20.6 Å². The van der Waals surface area contributed by atoms with Gasteiger partial charge in [-0.15, -0.1) is 0 Å². The summed E-state index contributed by atoms with van der Waals surface area (Å²) in [6, 6.07) is 6.07. The number of amides is 1. The number of methoxy groups -OCH3 is 1. The zero-order valence-corrected chi connectivity index (χ0v) is 14.3. The minimum absolute atomic E-state index is 0.167. The third-order valence-corrected chi connectivity index (χ3v) is 4.83. The van der Waals surface area contributed by atoms with Gasteiger partial charge in [-0.3, -0.25) is 10.1 Å². The van der Waals surface area contributed by atoms with E-state index in [1.54, 1.807) is 19.5 Å². The van der Waals surface area contributed by atoms with Crippen LogP contribution in [-0.4, -0.2) is 40.7 Å². The summed E-state index contributed by atoms with van der Waals surface area (Å²) in [6.45, 7) is 0. The van der Waals surface area contributed by atoms with Gasteiger partial charge in [0.1, 0.15) is 5.70 Å². The van der Waals surface area contributed by atoms with Gasteiger partial charge >= 0.3 is 0 Å². The van der Waals surface area contributed by atoms with Crippen LogP contribution in [0.1, 0.15) is 24.8 Å². The number of nitrogens with zero attached hydrogens (tertiary/aromatic N) is 3. The van der Waals surface area contributed by atoms with Crippen LogP contribution in [0.15, 0.2) is 35.2 Å². The Morgan fingerprint density at radius 3 is 3.12 bits per heavy atom. The Balaban J connectivity index is 1.56. The van der Waals surface area contributed by atoms with Crippen molar-refractivity contribution < 1.29 is 9.53 Å². The molecule has 2 aromatic rings. The van der Waals surface area contributed by atoms with Crippen LogP contribution in [0, 0.1) is 0 Å². The normalized spacial score (nSPS) is 24.8. The molecule has 7 heteroatoms. The zero-order valence-electron chi connectivity index (χ0n) is 14.3. The average molecular weight is 339 g/mol. The number of rotatable bonds is 3. The quantitative estimate of drug-likeness (QED) is 0.832. The number of aliphatic imine (C=N–C) groups is 1. The van der Waals surface area contributed by atoms with Crippen molar-refractivity contribution in [2.24, 2.45) is 12.0 Å². The number of benzene rings is 1. The molecule has 25 heavy (non-hydrogen) atoms. The first-order valence-corrected chi connectivity index (χ1v) is 8.46. The minimum atomic E-state index is -0.195. The van der Waals surface area contributed by atoms with Crippen molar-refractivity contribution in [3.63, 3.8) is 0 Å². The lowest BCUT2D eigenvalue weighted by Gasteiger charge is -2.19. The van der Waals surface area contributed by atoms with E-state index in [1.807, 2.05) is 29.8 Å². The Bertz CT molecular complexity index is 883. The molecule has 0 spiro atoms. The van der Waals surface area contributed by atoms with E-state index in [1.165, 1.54) is 0 Å². The lowest BCUT2D eigenvalue weighted by atomic mass is 10.1. The lowest BCUT2D eigenvalue weighted by molar-refractivity contribution is -0.115. The molecule has 1 aliphatic heterocycles. The fourth-order valence-corrected chi connectivity index (χ4v) is 3.48. The molecule has 1 fully saturated rings. The van der Waals surface area contributed by atoms with Crippen LogP contribution in [0.3, 0.4) is 0 Å². The van der Waals surface area contributed by atoms with E-state index in [4.69, 9.17) is 4.74 Å². The Labute approximate surface area is 145 Å². The molecule has 1 aliphatic carbocycles. The molecule has 0 unspecified atom stereocenters. The van der Waals surface area contributed by atoms with Gasteiger partial charge in [-0.25, -0.2) is 9.98 Å². The fraction of sp³-hybridized carbons (Fsp3) is 0.389. The van der Waals surface area contributed by atoms with Crippen LogP contribution in [0.4, 0.5) is 0 Å². The predicted molar refractivity (Wildman–Crippen MR) is 95.8 cm³/mol. The van der Waals surface area contributed by atoms with Gasteiger partial charge in [0.2, 0.25) is 5.96 Å². The Kier molecular flexibility index (Phi) is 4.01. The highest BCUT2D eigenvalue weighted by molar-refractivity contribution is 6.13. The van der Waals surface area contributed by atoms with E-state index < -0.39 is 0 Å². The second kappa shape index (κ2) is 6.33. The molecule has 4 rings (SSSR count). The van der Waals surface area contributed by atoms with Crippen molar-refractivity contribution in [2.75, 3.05) is 7.11 Å². The van der Waals surface area contributed by atoms with Crippen molar-refractivity contribution in [2.45, 2.75) is 31.4 Å². The molecule has 2 heterocycles. The van der Waals surface area contributed by atoms with Crippen LogP contribution in [-0.2, 0) is 16.6 Å². The number of imidazole rings is 1. The number of nitrogens with one attached hydrogen (secondary N) is 2. The maximum atomic E-state index is 12.2. The SMILES string of the molecule is CO[C@H]1CCC[C@@H]1NC1=N/C(=C\c2ccc3ncn(C)c3c2)C(=O)N1. The highest BCUT2D eigenvalue weighted by Crippen LogP contribution is 2.22. The number of aryl methyl sites for hydroxylation is 1. The highest BCUT2D eigenvalue weighted by atomic mass is 16.5. The van der Waals surface area contributed by atoms with Gasteiger partial charge in [-0.1, -0.05) is 6.07 Å². The molecule has 1 aromatic heterocycles. The van der Waals surface area contributed by atoms with E-state index in [9.17, 15) is 4.79 Å². The summed E-state index contributed by atoms with van der Waals surface area (Å²) < 4.78 is 7.43. The van der Waals surface area contributed by atoms with Crippen molar-refractivity contribution in [3.8, 4) is 0 Å². The number of hydrogen-bond donors (Lipinski definition) is 2. The van der Waals surface area contributed by atoms with Gasteiger partial charge < -0.3 is 14.6 Å².